The molecule has 3 rings (SSSR count). The third-order valence-electron chi connectivity index (χ3n) is 3.88. The van der Waals surface area contributed by atoms with E-state index in [0.29, 0.717) is 31.7 Å². The van der Waals surface area contributed by atoms with Crippen molar-refractivity contribution in [2.75, 3.05) is 36.4 Å². The lowest BCUT2D eigenvalue weighted by Crippen LogP contribution is -2.50. The molecule has 1 N–H and O–H groups in total. The van der Waals surface area contributed by atoms with Crippen LogP contribution in [0, 0.1) is 17.1 Å². The number of para-hydroxylation sites is 1. The second-order valence-corrected chi connectivity index (χ2v) is 5.40. The lowest BCUT2D eigenvalue weighted by molar-refractivity contribution is 0.208. The fraction of sp³-hybridized carbons (Fsp3) is 0.235. The van der Waals surface area contributed by atoms with E-state index in [9.17, 15) is 9.18 Å². The summed E-state index contributed by atoms with van der Waals surface area (Å²) >= 11 is 0. The molecular weight excluding hydrogens is 309 g/mol. The first-order chi connectivity index (χ1) is 11.7. The SMILES string of the molecule is N#Cc1ccnc(N2CCN(C(=O)Nc3ccccc3F)CC2)c1. The highest BCUT2D eigenvalue weighted by Gasteiger charge is 2.22. The van der Waals surface area contributed by atoms with Gasteiger partial charge in [0, 0.05) is 32.4 Å². The molecule has 122 valence electrons. The third-order valence-corrected chi connectivity index (χ3v) is 3.88. The van der Waals surface area contributed by atoms with Crippen LogP contribution in [0.15, 0.2) is 42.6 Å². The summed E-state index contributed by atoms with van der Waals surface area (Å²) in [6.07, 6.45) is 1.60. The minimum atomic E-state index is -0.456. The number of anilines is 2. The van der Waals surface area contributed by atoms with E-state index in [1.165, 1.54) is 12.1 Å². The molecule has 0 spiro atoms. The number of nitriles is 1. The number of halogens is 1. The lowest BCUT2D eigenvalue weighted by atomic mass is 10.2. The average Bonchev–Trinajstić information content (AvgIpc) is 2.64. The van der Waals surface area contributed by atoms with E-state index in [1.807, 2.05) is 4.90 Å². The van der Waals surface area contributed by atoms with Crippen molar-refractivity contribution in [3.63, 3.8) is 0 Å². The van der Waals surface area contributed by atoms with Gasteiger partial charge in [-0.2, -0.15) is 5.26 Å². The van der Waals surface area contributed by atoms with Crippen molar-refractivity contribution < 1.29 is 9.18 Å². The monoisotopic (exact) mass is 325 g/mol. The van der Waals surface area contributed by atoms with Crippen molar-refractivity contribution in [2.45, 2.75) is 0 Å². The summed E-state index contributed by atoms with van der Waals surface area (Å²) in [5.41, 5.74) is 0.730. The van der Waals surface area contributed by atoms with E-state index >= 15 is 0 Å². The van der Waals surface area contributed by atoms with Gasteiger partial charge in [0.2, 0.25) is 0 Å². The van der Waals surface area contributed by atoms with Gasteiger partial charge in [0.05, 0.1) is 17.3 Å². The van der Waals surface area contributed by atoms with Gasteiger partial charge in [0.15, 0.2) is 0 Å². The highest BCUT2D eigenvalue weighted by atomic mass is 19.1. The van der Waals surface area contributed by atoms with Gasteiger partial charge in [0.1, 0.15) is 11.6 Å². The molecule has 2 amide bonds. The molecule has 2 heterocycles. The molecule has 1 aliphatic rings. The van der Waals surface area contributed by atoms with E-state index in [2.05, 4.69) is 16.4 Å². The average molecular weight is 325 g/mol. The summed E-state index contributed by atoms with van der Waals surface area (Å²) in [5, 5.41) is 11.5. The van der Waals surface area contributed by atoms with Crippen LogP contribution in [0.5, 0.6) is 0 Å². The zero-order valence-electron chi connectivity index (χ0n) is 12.9. The largest absolute Gasteiger partial charge is 0.353 e. The number of carbonyl (C=O) groups is 1. The maximum absolute atomic E-state index is 13.6. The van der Waals surface area contributed by atoms with Gasteiger partial charge in [-0.15, -0.1) is 0 Å². The molecule has 0 aliphatic carbocycles. The first kappa shape index (κ1) is 15.7. The van der Waals surface area contributed by atoms with Crippen molar-refractivity contribution in [1.82, 2.24) is 9.88 Å². The summed E-state index contributed by atoms with van der Waals surface area (Å²) in [6.45, 7) is 2.21. The lowest BCUT2D eigenvalue weighted by Gasteiger charge is -2.35. The Kier molecular flexibility index (Phi) is 4.57. The van der Waals surface area contributed by atoms with Crippen LogP contribution in [-0.2, 0) is 0 Å². The van der Waals surface area contributed by atoms with E-state index in [4.69, 9.17) is 5.26 Å². The van der Waals surface area contributed by atoms with Crippen LogP contribution in [0.25, 0.3) is 0 Å². The van der Waals surface area contributed by atoms with Crippen LogP contribution in [0.2, 0.25) is 0 Å². The molecule has 1 aliphatic heterocycles. The Morgan fingerprint density at radius 3 is 2.67 bits per heavy atom. The molecule has 0 bridgehead atoms. The van der Waals surface area contributed by atoms with Crippen LogP contribution in [-0.4, -0.2) is 42.1 Å². The molecular formula is C17H16FN5O. The van der Waals surface area contributed by atoms with Crippen molar-refractivity contribution in [3.8, 4) is 6.07 Å². The summed E-state index contributed by atoms with van der Waals surface area (Å²) in [7, 11) is 0. The number of aromatic nitrogens is 1. The first-order valence-corrected chi connectivity index (χ1v) is 7.59. The molecule has 0 unspecified atom stereocenters. The van der Waals surface area contributed by atoms with Gasteiger partial charge in [-0.25, -0.2) is 14.2 Å². The summed E-state index contributed by atoms with van der Waals surface area (Å²) in [5.74, 6) is 0.269. The summed E-state index contributed by atoms with van der Waals surface area (Å²) < 4.78 is 13.6. The number of hydrogen-bond donors (Lipinski definition) is 1. The van der Waals surface area contributed by atoms with Crippen LogP contribution in [0.3, 0.4) is 0 Å². The minimum absolute atomic E-state index is 0.174. The van der Waals surface area contributed by atoms with Crippen molar-refractivity contribution in [2.24, 2.45) is 0 Å². The molecule has 6 nitrogen and oxygen atoms in total. The van der Waals surface area contributed by atoms with Gasteiger partial charge in [-0.3, -0.25) is 0 Å². The molecule has 2 aromatic rings. The normalized spacial score (nSPS) is 14.2. The standard InChI is InChI=1S/C17H16FN5O/c18-14-3-1-2-4-15(14)21-17(24)23-9-7-22(8-10-23)16-11-13(12-19)5-6-20-16/h1-6,11H,7-10H2,(H,21,24). The minimum Gasteiger partial charge on any atom is -0.353 e. The predicted octanol–water partition coefficient (Wildman–Crippen LogP) is 2.45. The Balaban J connectivity index is 1.59. The highest BCUT2D eigenvalue weighted by molar-refractivity contribution is 5.89. The molecule has 1 fully saturated rings. The quantitative estimate of drug-likeness (QED) is 0.920. The van der Waals surface area contributed by atoms with Crippen LogP contribution >= 0.6 is 0 Å². The van der Waals surface area contributed by atoms with Gasteiger partial charge in [-0.1, -0.05) is 12.1 Å². The number of nitrogens with zero attached hydrogens (tertiary/aromatic N) is 4. The van der Waals surface area contributed by atoms with Gasteiger partial charge in [-0.05, 0) is 24.3 Å². The Morgan fingerprint density at radius 2 is 1.96 bits per heavy atom. The number of benzene rings is 1. The number of carbonyl (C=O) groups excluding carboxylic acids is 1. The molecule has 1 saturated heterocycles. The number of piperazine rings is 1. The molecule has 0 saturated carbocycles. The van der Waals surface area contributed by atoms with Gasteiger partial charge >= 0.3 is 6.03 Å². The Labute approximate surface area is 139 Å². The number of urea groups is 1. The van der Waals surface area contributed by atoms with Crippen molar-refractivity contribution in [1.29, 1.82) is 5.26 Å². The topological polar surface area (TPSA) is 72.3 Å². The summed E-state index contributed by atoms with van der Waals surface area (Å²) in [6, 6.07) is 11.2. The van der Waals surface area contributed by atoms with Crippen molar-refractivity contribution in [3.05, 3.63) is 54.0 Å². The fourth-order valence-electron chi connectivity index (χ4n) is 2.56. The van der Waals surface area contributed by atoms with E-state index in [0.717, 1.165) is 5.82 Å². The molecule has 0 radical (unpaired) electrons. The molecule has 1 aromatic heterocycles. The van der Waals surface area contributed by atoms with Gasteiger partial charge < -0.3 is 15.1 Å². The predicted molar refractivity (Wildman–Crippen MR) is 88.2 cm³/mol. The summed E-state index contributed by atoms with van der Waals surface area (Å²) in [4.78, 5) is 20.2. The molecule has 1 aromatic carbocycles. The Hall–Kier alpha value is -3.14. The second kappa shape index (κ2) is 6.96. The number of hydrogen-bond acceptors (Lipinski definition) is 4. The highest BCUT2D eigenvalue weighted by Crippen LogP contribution is 2.17. The van der Waals surface area contributed by atoms with E-state index in [1.54, 1.807) is 35.4 Å². The number of rotatable bonds is 2. The fourth-order valence-corrected chi connectivity index (χ4v) is 2.56. The van der Waals surface area contributed by atoms with Crippen LogP contribution in [0.1, 0.15) is 5.56 Å². The molecule has 24 heavy (non-hydrogen) atoms. The van der Waals surface area contributed by atoms with E-state index < -0.39 is 5.82 Å². The maximum Gasteiger partial charge on any atom is 0.322 e. The maximum atomic E-state index is 13.6. The first-order valence-electron chi connectivity index (χ1n) is 7.59. The second-order valence-electron chi connectivity index (χ2n) is 5.40. The Bertz CT molecular complexity index is 781. The van der Waals surface area contributed by atoms with Crippen molar-refractivity contribution >= 4 is 17.5 Å². The molecule has 0 atom stereocenters. The zero-order valence-corrected chi connectivity index (χ0v) is 12.9. The third kappa shape index (κ3) is 3.43. The number of amides is 2. The molecule has 7 heteroatoms. The number of nitrogens with one attached hydrogen (secondary N) is 1. The van der Waals surface area contributed by atoms with Crippen LogP contribution in [0.4, 0.5) is 20.7 Å². The van der Waals surface area contributed by atoms with Crippen LogP contribution < -0.4 is 10.2 Å². The number of pyridine rings is 1. The van der Waals surface area contributed by atoms with E-state index in [-0.39, 0.29) is 11.7 Å². The zero-order chi connectivity index (χ0) is 16.9. The van der Waals surface area contributed by atoms with Gasteiger partial charge in [0.25, 0.3) is 0 Å². The smallest absolute Gasteiger partial charge is 0.322 e. The Morgan fingerprint density at radius 1 is 1.21 bits per heavy atom.